The van der Waals surface area contributed by atoms with Gasteiger partial charge in [-0.15, -0.1) is 0 Å². The topological polar surface area (TPSA) is 90.7 Å². The molecule has 1 unspecified atom stereocenters. The Balaban J connectivity index is 2.65. The third-order valence-corrected chi connectivity index (χ3v) is 2.82. The first-order valence-electron chi connectivity index (χ1n) is 5.56. The Morgan fingerprint density at radius 2 is 2.33 bits per heavy atom. The molecule has 1 aliphatic heterocycles. The second kappa shape index (κ2) is 4.77. The average Bonchev–Trinajstić information content (AvgIpc) is 2.55. The number of hydrogen-bond donors (Lipinski definition) is 1. The van der Waals surface area contributed by atoms with Gasteiger partial charge < -0.3 is 14.6 Å². The predicted molar refractivity (Wildman–Crippen MR) is 60.7 cm³/mol. The van der Waals surface area contributed by atoms with Crippen LogP contribution in [0.1, 0.15) is 29.2 Å². The summed E-state index contributed by atoms with van der Waals surface area (Å²) in [5, 5.41) is 9.70. The standard InChI is InChI=1S/C11H14N2O5/c1-6-5-18-4-3-13-9(6)12-7(11(16)17-2)8(14)10(13)15/h6,14H,3-5H2,1-2H3. The van der Waals surface area contributed by atoms with Gasteiger partial charge in [0.05, 0.1) is 26.9 Å². The molecule has 0 fully saturated rings. The monoisotopic (exact) mass is 254 g/mol. The third-order valence-electron chi connectivity index (χ3n) is 2.82. The van der Waals surface area contributed by atoms with Crippen LogP contribution in [0.4, 0.5) is 0 Å². The molecule has 18 heavy (non-hydrogen) atoms. The molecular formula is C11H14N2O5. The SMILES string of the molecule is COC(=O)c1nc2n(c(=O)c1O)CCOCC2C. The van der Waals surface area contributed by atoms with Gasteiger partial charge in [-0.2, -0.15) is 0 Å². The first-order chi connectivity index (χ1) is 8.56. The van der Waals surface area contributed by atoms with Gasteiger partial charge in [0.15, 0.2) is 5.69 Å². The lowest BCUT2D eigenvalue weighted by Gasteiger charge is -2.13. The summed E-state index contributed by atoms with van der Waals surface area (Å²) >= 11 is 0. The van der Waals surface area contributed by atoms with Crippen LogP contribution >= 0.6 is 0 Å². The highest BCUT2D eigenvalue weighted by Gasteiger charge is 2.25. The molecule has 7 nitrogen and oxygen atoms in total. The van der Waals surface area contributed by atoms with Crippen molar-refractivity contribution in [2.45, 2.75) is 19.4 Å². The number of carbonyl (C=O) groups is 1. The number of carbonyl (C=O) groups excluding carboxylic acids is 1. The molecule has 1 aromatic heterocycles. The van der Waals surface area contributed by atoms with Crippen LogP contribution in [0, 0.1) is 0 Å². The van der Waals surface area contributed by atoms with E-state index in [-0.39, 0.29) is 11.6 Å². The van der Waals surface area contributed by atoms with E-state index in [0.717, 1.165) is 0 Å². The molecule has 7 heteroatoms. The average molecular weight is 254 g/mol. The van der Waals surface area contributed by atoms with Crippen molar-refractivity contribution in [1.29, 1.82) is 0 Å². The van der Waals surface area contributed by atoms with Crippen LogP contribution in [0.25, 0.3) is 0 Å². The fraction of sp³-hybridized carbons (Fsp3) is 0.545. The molecule has 0 aromatic carbocycles. The van der Waals surface area contributed by atoms with Gasteiger partial charge in [-0.1, -0.05) is 6.92 Å². The Hall–Kier alpha value is -1.89. The highest BCUT2D eigenvalue weighted by Crippen LogP contribution is 2.19. The second-order valence-corrected chi connectivity index (χ2v) is 4.09. The van der Waals surface area contributed by atoms with Gasteiger partial charge in [-0.25, -0.2) is 9.78 Å². The number of esters is 1. The lowest BCUT2D eigenvalue weighted by molar-refractivity contribution is 0.0588. The van der Waals surface area contributed by atoms with Gasteiger partial charge in [-0.05, 0) is 0 Å². The van der Waals surface area contributed by atoms with E-state index in [9.17, 15) is 14.7 Å². The van der Waals surface area contributed by atoms with E-state index in [2.05, 4.69) is 9.72 Å². The minimum atomic E-state index is -0.828. The maximum atomic E-state index is 12.0. The van der Waals surface area contributed by atoms with Crippen LogP contribution in [-0.2, 0) is 16.0 Å². The lowest BCUT2D eigenvalue weighted by Crippen LogP contribution is -2.28. The van der Waals surface area contributed by atoms with Crippen molar-refractivity contribution in [1.82, 2.24) is 9.55 Å². The van der Waals surface area contributed by atoms with Crippen LogP contribution in [0.3, 0.4) is 0 Å². The van der Waals surface area contributed by atoms with Crippen molar-refractivity contribution in [3.05, 3.63) is 21.9 Å². The molecule has 0 aliphatic carbocycles. The molecule has 1 atom stereocenters. The van der Waals surface area contributed by atoms with Gasteiger partial charge in [0.25, 0.3) is 5.56 Å². The number of fused-ring (bicyclic) bond motifs is 1. The summed E-state index contributed by atoms with van der Waals surface area (Å²) in [7, 11) is 1.17. The Morgan fingerprint density at radius 1 is 1.61 bits per heavy atom. The molecular weight excluding hydrogens is 240 g/mol. The summed E-state index contributed by atoms with van der Waals surface area (Å²) in [6.07, 6.45) is 0. The lowest BCUT2D eigenvalue weighted by atomic mass is 10.1. The van der Waals surface area contributed by atoms with Crippen molar-refractivity contribution >= 4 is 5.97 Å². The van der Waals surface area contributed by atoms with Crippen molar-refractivity contribution in [3.63, 3.8) is 0 Å². The largest absolute Gasteiger partial charge is 0.501 e. The fourth-order valence-corrected chi connectivity index (χ4v) is 1.88. The van der Waals surface area contributed by atoms with E-state index in [1.165, 1.54) is 11.7 Å². The van der Waals surface area contributed by atoms with E-state index >= 15 is 0 Å². The minimum absolute atomic E-state index is 0.135. The molecule has 0 spiro atoms. The number of methoxy groups -OCH3 is 1. The van der Waals surface area contributed by atoms with Crippen LogP contribution in [0.2, 0.25) is 0 Å². The molecule has 0 amide bonds. The van der Waals surface area contributed by atoms with Crippen LogP contribution in [-0.4, -0.2) is 41.0 Å². The summed E-state index contributed by atoms with van der Waals surface area (Å²) in [6.45, 7) is 2.93. The maximum Gasteiger partial charge on any atom is 0.360 e. The van der Waals surface area contributed by atoms with Gasteiger partial charge in [0, 0.05) is 5.92 Å². The number of aromatic nitrogens is 2. The van der Waals surface area contributed by atoms with Gasteiger partial charge in [0.2, 0.25) is 5.75 Å². The summed E-state index contributed by atoms with van der Waals surface area (Å²) in [5.74, 6) is -1.22. The first-order valence-corrected chi connectivity index (χ1v) is 5.56. The number of rotatable bonds is 1. The molecule has 2 heterocycles. The van der Waals surface area contributed by atoms with Crippen LogP contribution in [0.5, 0.6) is 5.75 Å². The molecule has 1 aliphatic rings. The molecule has 1 aromatic rings. The van der Waals surface area contributed by atoms with Crippen LogP contribution in [0.15, 0.2) is 4.79 Å². The van der Waals surface area contributed by atoms with E-state index in [4.69, 9.17) is 4.74 Å². The van der Waals surface area contributed by atoms with Crippen molar-refractivity contribution in [2.75, 3.05) is 20.3 Å². The molecule has 0 radical (unpaired) electrons. The van der Waals surface area contributed by atoms with Gasteiger partial charge in [0.1, 0.15) is 5.82 Å². The zero-order chi connectivity index (χ0) is 13.3. The molecule has 0 saturated carbocycles. The van der Waals surface area contributed by atoms with Crippen LogP contribution < -0.4 is 5.56 Å². The zero-order valence-electron chi connectivity index (χ0n) is 10.2. The van der Waals surface area contributed by atoms with Gasteiger partial charge in [-0.3, -0.25) is 9.36 Å². The summed E-state index contributed by atoms with van der Waals surface area (Å²) in [6, 6.07) is 0. The normalized spacial score (nSPS) is 18.9. The van der Waals surface area contributed by atoms with E-state index in [0.29, 0.717) is 25.6 Å². The fourth-order valence-electron chi connectivity index (χ4n) is 1.88. The molecule has 0 saturated heterocycles. The van der Waals surface area contributed by atoms with Crippen molar-refractivity contribution < 1.29 is 19.4 Å². The number of ether oxygens (including phenoxy) is 2. The van der Waals surface area contributed by atoms with Crippen molar-refractivity contribution in [3.8, 4) is 5.75 Å². The summed E-state index contributed by atoms with van der Waals surface area (Å²) < 4.78 is 11.1. The second-order valence-electron chi connectivity index (χ2n) is 4.09. The molecule has 1 N–H and O–H groups in total. The number of hydrogen-bond acceptors (Lipinski definition) is 6. The summed E-state index contributed by atoms with van der Waals surface area (Å²) in [5.41, 5.74) is -0.986. The first kappa shape index (κ1) is 12.6. The minimum Gasteiger partial charge on any atom is -0.501 e. The Bertz CT molecular complexity index is 537. The number of aromatic hydroxyl groups is 1. The number of nitrogens with zero attached hydrogens (tertiary/aromatic N) is 2. The predicted octanol–water partition coefficient (Wildman–Crippen LogP) is -0.131. The Morgan fingerprint density at radius 3 is 3.00 bits per heavy atom. The molecule has 98 valence electrons. The highest BCUT2D eigenvalue weighted by molar-refractivity contribution is 5.89. The van der Waals surface area contributed by atoms with E-state index in [1.807, 2.05) is 6.92 Å². The maximum absolute atomic E-state index is 12.0. The highest BCUT2D eigenvalue weighted by atomic mass is 16.5. The van der Waals surface area contributed by atoms with E-state index in [1.54, 1.807) is 0 Å². The Labute approximate surface area is 103 Å². The molecule has 2 rings (SSSR count). The quantitative estimate of drug-likeness (QED) is 0.702. The van der Waals surface area contributed by atoms with Gasteiger partial charge >= 0.3 is 5.97 Å². The molecule has 0 bridgehead atoms. The smallest absolute Gasteiger partial charge is 0.360 e. The van der Waals surface area contributed by atoms with E-state index < -0.39 is 17.3 Å². The third kappa shape index (κ3) is 1.97. The van der Waals surface area contributed by atoms with Crippen molar-refractivity contribution in [2.24, 2.45) is 0 Å². The zero-order valence-corrected chi connectivity index (χ0v) is 10.2. The summed E-state index contributed by atoms with van der Waals surface area (Å²) in [4.78, 5) is 27.4. The Kier molecular flexibility index (Phi) is 3.33.